The van der Waals surface area contributed by atoms with E-state index in [9.17, 15) is 18.8 Å². The van der Waals surface area contributed by atoms with Crippen molar-refractivity contribution in [3.63, 3.8) is 0 Å². The van der Waals surface area contributed by atoms with Gasteiger partial charge in [0.05, 0.1) is 6.54 Å². The monoisotopic (exact) mass is 458 g/mol. The summed E-state index contributed by atoms with van der Waals surface area (Å²) in [6.07, 6.45) is 2.10. The Morgan fingerprint density at radius 1 is 1.22 bits per heavy atom. The van der Waals surface area contributed by atoms with E-state index in [1.54, 1.807) is 37.3 Å². The van der Waals surface area contributed by atoms with Gasteiger partial charge in [-0.25, -0.2) is 9.18 Å². The molecule has 4 amide bonds. The van der Waals surface area contributed by atoms with Crippen LogP contribution in [0.4, 0.5) is 9.18 Å². The van der Waals surface area contributed by atoms with Gasteiger partial charge in [0.25, 0.3) is 11.8 Å². The van der Waals surface area contributed by atoms with Crippen LogP contribution in [0.5, 0.6) is 0 Å². The molecule has 32 heavy (non-hydrogen) atoms. The summed E-state index contributed by atoms with van der Waals surface area (Å²) in [7, 11) is 0. The molecule has 2 aromatic carbocycles. The van der Waals surface area contributed by atoms with Crippen molar-refractivity contribution in [3.05, 3.63) is 70.5 Å². The summed E-state index contributed by atoms with van der Waals surface area (Å²) in [4.78, 5) is 40.3. The number of hydrogen-bond acceptors (Lipinski definition) is 4. The van der Waals surface area contributed by atoms with Crippen LogP contribution in [-0.4, -0.2) is 40.3 Å². The number of nitrogens with zero attached hydrogens (tertiary/aromatic N) is 2. The van der Waals surface area contributed by atoms with Crippen LogP contribution >= 0.6 is 11.6 Å². The lowest BCUT2D eigenvalue weighted by Gasteiger charge is -2.26. The molecule has 0 spiro atoms. The Kier molecular flexibility index (Phi) is 6.17. The predicted octanol–water partition coefficient (Wildman–Crippen LogP) is 3.33. The number of carbonyl (C=O) groups excluding carboxylic acids is 3. The molecule has 1 aliphatic carbocycles. The molecule has 1 aliphatic heterocycles. The van der Waals surface area contributed by atoms with Crippen molar-refractivity contribution in [1.29, 1.82) is 0 Å². The highest BCUT2D eigenvalue weighted by molar-refractivity contribution is 6.31. The van der Waals surface area contributed by atoms with Crippen molar-refractivity contribution < 1.29 is 18.8 Å². The Labute approximate surface area is 190 Å². The van der Waals surface area contributed by atoms with E-state index in [2.05, 4.69) is 10.7 Å². The maximum atomic E-state index is 14.2. The maximum absolute atomic E-state index is 14.2. The van der Waals surface area contributed by atoms with Crippen LogP contribution in [-0.2, 0) is 21.7 Å². The van der Waals surface area contributed by atoms with Crippen LogP contribution in [0.25, 0.3) is 0 Å². The van der Waals surface area contributed by atoms with Crippen molar-refractivity contribution >= 4 is 29.4 Å². The van der Waals surface area contributed by atoms with Crippen molar-refractivity contribution in [2.45, 2.75) is 44.3 Å². The summed E-state index contributed by atoms with van der Waals surface area (Å²) < 4.78 is 14.2. The highest BCUT2D eigenvalue weighted by atomic mass is 35.5. The third kappa shape index (κ3) is 4.20. The Bertz CT molecular complexity index is 1030. The van der Waals surface area contributed by atoms with Crippen LogP contribution in [0.3, 0.4) is 0 Å². The second-order valence-electron chi connectivity index (χ2n) is 8.07. The average molecular weight is 459 g/mol. The number of carbonyl (C=O) groups is 3. The lowest BCUT2D eigenvalue weighted by Crippen LogP contribution is -2.51. The highest BCUT2D eigenvalue weighted by Crippen LogP contribution is 2.32. The lowest BCUT2D eigenvalue weighted by molar-refractivity contribution is -0.140. The Balaban J connectivity index is 1.47. The van der Waals surface area contributed by atoms with E-state index in [0.717, 1.165) is 17.9 Å². The highest BCUT2D eigenvalue weighted by Gasteiger charge is 2.52. The van der Waals surface area contributed by atoms with E-state index in [1.165, 1.54) is 12.1 Å². The minimum Gasteiger partial charge on any atom is -0.318 e. The van der Waals surface area contributed by atoms with Gasteiger partial charge in [-0.2, -0.15) is 5.01 Å². The van der Waals surface area contributed by atoms with Gasteiger partial charge in [0.2, 0.25) is 0 Å². The number of hydrogen-bond donors (Lipinski definition) is 2. The second kappa shape index (κ2) is 8.88. The third-order valence-corrected chi connectivity index (χ3v) is 6.31. The molecule has 1 unspecified atom stereocenters. The Morgan fingerprint density at radius 3 is 2.56 bits per heavy atom. The van der Waals surface area contributed by atoms with Gasteiger partial charge in [-0.05, 0) is 37.0 Å². The molecule has 9 heteroatoms. The maximum Gasteiger partial charge on any atom is 0.344 e. The molecular formula is C23H24ClFN4O3. The summed E-state index contributed by atoms with van der Waals surface area (Å²) in [5.74, 6) is -1.51. The molecule has 0 bridgehead atoms. The molecule has 168 valence electrons. The Morgan fingerprint density at radius 2 is 1.94 bits per heavy atom. The van der Waals surface area contributed by atoms with Gasteiger partial charge < -0.3 is 5.32 Å². The molecule has 2 N–H and O–H groups in total. The topological polar surface area (TPSA) is 81.8 Å². The molecule has 2 aromatic rings. The van der Waals surface area contributed by atoms with Gasteiger partial charge in [-0.15, -0.1) is 0 Å². The summed E-state index contributed by atoms with van der Waals surface area (Å²) in [5, 5.41) is 3.75. The first-order chi connectivity index (χ1) is 15.4. The molecular weight excluding hydrogens is 435 g/mol. The van der Waals surface area contributed by atoms with E-state index in [4.69, 9.17) is 11.6 Å². The van der Waals surface area contributed by atoms with Crippen molar-refractivity contribution in [1.82, 2.24) is 20.7 Å². The van der Waals surface area contributed by atoms with E-state index >= 15 is 0 Å². The number of halogens is 2. The smallest absolute Gasteiger partial charge is 0.318 e. The molecule has 2 fully saturated rings. The van der Waals surface area contributed by atoms with Crippen LogP contribution < -0.4 is 10.7 Å². The second-order valence-corrected chi connectivity index (χ2v) is 8.47. The molecule has 2 aliphatic rings. The molecule has 0 aromatic heterocycles. The van der Waals surface area contributed by atoms with Crippen LogP contribution in [0.2, 0.25) is 5.02 Å². The van der Waals surface area contributed by atoms with Crippen LogP contribution in [0, 0.1) is 5.82 Å². The molecule has 1 heterocycles. The van der Waals surface area contributed by atoms with E-state index in [1.807, 2.05) is 11.0 Å². The standard InChI is InChI=1S/C23H24ClFN4O3/c1-2-23(15-7-4-3-5-8-15)21(31)29(22(32)26-23)27-20(30)14-28(16-11-12-16)13-17-18(24)9-6-10-19(17)25/h3-10,16H,2,11-14H2,1H3,(H,26,32)(H,27,30). The minimum absolute atomic E-state index is 0.100. The first-order valence-electron chi connectivity index (χ1n) is 10.5. The van der Waals surface area contributed by atoms with E-state index < -0.39 is 29.2 Å². The van der Waals surface area contributed by atoms with Gasteiger partial charge in [0.15, 0.2) is 0 Å². The summed E-state index contributed by atoms with van der Waals surface area (Å²) in [5.41, 5.74) is 2.16. The number of urea groups is 1. The van der Waals surface area contributed by atoms with Crippen molar-refractivity contribution in [2.75, 3.05) is 6.54 Å². The van der Waals surface area contributed by atoms with Gasteiger partial charge in [-0.3, -0.25) is 19.9 Å². The van der Waals surface area contributed by atoms with Crippen molar-refractivity contribution in [2.24, 2.45) is 0 Å². The number of benzene rings is 2. The quantitative estimate of drug-likeness (QED) is 0.594. The van der Waals surface area contributed by atoms with E-state index in [0.29, 0.717) is 22.6 Å². The zero-order chi connectivity index (χ0) is 22.9. The minimum atomic E-state index is -1.23. The van der Waals surface area contributed by atoms with E-state index in [-0.39, 0.29) is 19.1 Å². The van der Waals surface area contributed by atoms with Crippen LogP contribution in [0.1, 0.15) is 37.3 Å². The first-order valence-corrected chi connectivity index (χ1v) is 10.9. The third-order valence-electron chi connectivity index (χ3n) is 5.96. The molecule has 1 saturated heterocycles. The summed E-state index contributed by atoms with van der Waals surface area (Å²) in [6.45, 7) is 1.85. The molecule has 0 radical (unpaired) electrons. The SMILES string of the molecule is CCC1(c2ccccc2)NC(=O)N(NC(=O)CN(Cc2c(F)cccc2Cl)C2CC2)C1=O. The zero-order valence-electron chi connectivity index (χ0n) is 17.6. The average Bonchev–Trinajstić information content (AvgIpc) is 3.60. The van der Waals surface area contributed by atoms with Crippen molar-refractivity contribution in [3.8, 4) is 0 Å². The Hall–Kier alpha value is -2.97. The number of rotatable bonds is 8. The largest absolute Gasteiger partial charge is 0.344 e. The van der Waals surface area contributed by atoms with Gasteiger partial charge >= 0.3 is 6.03 Å². The van der Waals surface area contributed by atoms with Gasteiger partial charge in [-0.1, -0.05) is 54.9 Å². The molecule has 1 atom stereocenters. The lowest BCUT2D eigenvalue weighted by atomic mass is 9.87. The molecule has 1 saturated carbocycles. The molecule has 4 rings (SSSR count). The molecule has 7 nitrogen and oxygen atoms in total. The number of imide groups is 1. The number of nitrogens with one attached hydrogen (secondary N) is 2. The number of amides is 4. The van der Waals surface area contributed by atoms with Gasteiger partial charge in [0, 0.05) is 23.2 Å². The normalized spacial score (nSPS) is 20.6. The number of hydrazine groups is 1. The summed E-state index contributed by atoms with van der Waals surface area (Å²) in [6, 6.07) is 12.8. The van der Waals surface area contributed by atoms with Gasteiger partial charge in [0.1, 0.15) is 11.4 Å². The van der Waals surface area contributed by atoms with Crippen LogP contribution in [0.15, 0.2) is 48.5 Å². The zero-order valence-corrected chi connectivity index (χ0v) is 18.4. The fraction of sp³-hybridized carbons (Fsp3) is 0.348. The summed E-state index contributed by atoms with van der Waals surface area (Å²) >= 11 is 6.14. The first kappa shape index (κ1) is 22.2. The fourth-order valence-corrected chi connectivity index (χ4v) is 4.25. The fourth-order valence-electron chi connectivity index (χ4n) is 4.02. The predicted molar refractivity (Wildman–Crippen MR) is 117 cm³/mol.